The fourth-order valence-electron chi connectivity index (χ4n) is 1.78. The first kappa shape index (κ1) is 12.6. The molecule has 0 fully saturated rings. The van der Waals surface area contributed by atoms with E-state index in [-0.39, 0.29) is 0 Å². The first-order chi connectivity index (χ1) is 8.79. The van der Waals surface area contributed by atoms with Gasteiger partial charge < -0.3 is 10.1 Å². The van der Waals surface area contributed by atoms with E-state index in [1.807, 2.05) is 36.7 Å². The maximum Gasteiger partial charge on any atom is 0.118 e. The van der Waals surface area contributed by atoms with E-state index in [1.54, 1.807) is 7.11 Å². The number of ether oxygens (including phenoxy) is 1. The second-order valence-corrected chi connectivity index (χ2v) is 4.23. The molecule has 3 heteroatoms. The van der Waals surface area contributed by atoms with Crippen LogP contribution in [0, 0.1) is 0 Å². The molecule has 1 aromatic carbocycles. The molecule has 0 amide bonds. The second kappa shape index (κ2) is 6.17. The van der Waals surface area contributed by atoms with Crippen molar-refractivity contribution in [2.24, 2.45) is 0 Å². The van der Waals surface area contributed by atoms with Crippen LogP contribution in [-0.2, 0) is 6.54 Å². The van der Waals surface area contributed by atoms with E-state index < -0.39 is 0 Å². The number of pyridine rings is 1. The fraction of sp³-hybridized carbons (Fsp3) is 0.267. The molecule has 94 valence electrons. The van der Waals surface area contributed by atoms with Gasteiger partial charge in [0.15, 0.2) is 0 Å². The molecule has 0 aliphatic rings. The summed E-state index contributed by atoms with van der Waals surface area (Å²) in [5.74, 6) is 0.890. The number of nitrogens with zero attached hydrogens (tertiary/aromatic N) is 1. The zero-order chi connectivity index (χ0) is 12.8. The van der Waals surface area contributed by atoms with E-state index in [1.165, 1.54) is 11.1 Å². The standard InChI is InChI=1S/C15H18N2O/c1-12(14-7-9-16-10-8-14)17-11-13-3-5-15(18-2)6-4-13/h3-10,12,17H,11H2,1-2H3/t12-/m1/s1. The van der Waals surface area contributed by atoms with Crippen LogP contribution in [0.25, 0.3) is 0 Å². The van der Waals surface area contributed by atoms with Crippen molar-refractivity contribution >= 4 is 0 Å². The SMILES string of the molecule is COc1ccc(CN[C@H](C)c2ccncc2)cc1. The summed E-state index contributed by atoms with van der Waals surface area (Å²) >= 11 is 0. The van der Waals surface area contributed by atoms with E-state index >= 15 is 0 Å². The highest BCUT2D eigenvalue weighted by atomic mass is 16.5. The average Bonchev–Trinajstić information content (AvgIpc) is 2.46. The van der Waals surface area contributed by atoms with Crippen LogP contribution in [0.3, 0.4) is 0 Å². The Labute approximate surface area is 108 Å². The Bertz CT molecular complexity index is 468. The summed E-state index contributed by atoms with van der Waals surface area (Å²) in [5.41, 5.74) is 2.50. The molecule has 0 bridgehead atoms. The van der Waals surface area contributed by atoms with Gasteiger partial charge in [-0.2, -0.15) is 0 Å². The minimum absolute atomic E-state index is 0.315. The zero-order valence-electron chi connectivity index (χ0n) is 10.8. The topological polar surface area (TPSA) is 34.1 Å². The molecule has 2 rings (SSSR count). The first-order valence-corrected chi connectivity index (χ1v) is 6.06. The quantitative estimate of drug-likeness (QED) is 0.875. The normalized spacial score (nSPS) is 12.1. The molecule has 0 unspecified atom stereocenters. The van der Waals surface area contributed by atoms with E-state index in [0.29, 0.717) is 6.04 Å². The van der Waals surface area contributed by atoms with Crippen LogP contribution < -0.4 is 10.1 Å². The van der Waals surface area contributed by atoms with Crippen molar-refractivity contribution in [2.75, 3.05) is 7.11 Å². The summed E-state index contributed by atoms with van der Waals surface area (Å²) in [6.07, 6.45) is 3.64. The molecular weight excluding hydrogens is 224 g/mol. The summed E-state index contributed by atoms with van der Waals surface area (Å²) in [6, 6.07) is 12.5. The molecule has 0 saturated heterocycles. The van der Waals surface area contributed by atoms with Crippen molar-refractivity contribution in [2.45, 2.75) is 19.5 Å². The number of methoxy groups -OCH3 is 1. The summed E-state index contributed by atoms with van der Waals surface area (Å²) in [5, 5.41) is 3.48. The van der Waals surface area contributed by atoms with Crippen molar-refractivity contribution < 1.29 is 4.74 Å². The van der Waals surface area contributed by atoms with E-state index in [2.05, 4.69) is 29.4 Å². The van der Waals surface area contributed by atoms with Crippen LogP contribution in [-0.4, -0.2) is 12.1 Å². The molecule has 1 heterocycles. The van der Waals surface area contributed by atoms with Crippen molar-refractivity contribution in [1.29, 1.82) is 0 Å². The molecule has 2 aromatic rings. The Balaban J connectivity index is 1.91. The van der Waals surface area contributed by atoms with Crippen LogP contribution in [0.2, 0.25) is 0 Å². The van der Waals surface area contributed by atoms with E-state index in [0.717, 1.165) is 12.3 Å². The summed E-state index contributed by atoms with van der Waals surface area (Å²) in [4.78, 5) is 4.02. The lowest BCUT2D eigenvalue weighted by atomic mass is 10.1. The van der Waals surface area contributed by atoms with Gasteiger partial charge in [-0.3, -0.25) is 4.98 Å². The first-order valence-electron chi connectivity index (χ1n) is 6.06. The van der Waals surface area contributed by atoms with Gasteiger partial charge in [0, 0.05) is 25.0 Å². The number of rotatable bonds is 5. The molecular formula is C15H18N2O. The molecule has 0 aliphatic carbocycles. The fourth-order valence-corrected chi connectivity index (χ4v) is 1.78. The summed E-state index contributed by atoms with van der Waals surface area (Å²) < 4.78 is 5.14. The molecule has 1 aromatic heterocycles. The predicted molar refractivity (Wildman–Crippen MR) is 72.5 cm³/mol. The average molecular weight is 242 g/mol. The zero-order valence-corrected chi connectivity index (χ0v) is 10.8. The number of hydrogen-bond donors (Lipinski definition) is 1. The third kappa shape index (κ3) is 3.31. The number of benzene rings is 1. The largest absolute Gasteiger partial charge is 0.497 e. The maximum absolute atomic E-state index is 5.14. The monoisotopic (exact) mass is 242 g/mol. The van der Waals surface area contributed by atoms with Crippen LogP contribution >= 0.6 is 0 Å². The predicted octanol–water partition coefficient (Wildman–Crippen LogP) is 2.94. The summed E-state index contributed by atoms with van der Waals surface area (Å²) in [6.45, 7) is 2.99. The van der Waals surface area contributed by atoms with Crippen LogP contribution in [0.5, 0.6) is 5.75 Å². The number of hydrogen-bond acceptors (Lipinski definition) is 3. The third-order valence-electron chi connectivity index (χ3n) is 2.98. The molecule has 0 saturated carbocycles. The van der Waals surface area contributed by atoms with Crippen LogP contribution in [0.1, 0.15) is 24.1 Å². The van der Waals surface area contributed by atoms with Gasteiger partial charge in [0.2, 0.25) is 0 Å². The lowest BCUT2D eigenvalue weighted by Crippen LogP contribution is -2.17. The Morgan fingerprint density at radius 3 is 2.39 bits per heavy atom. The molecule has 3 nitrogen and oxygen atoms in total. The van der Waals surface area contributed by atoms with Gasteiger partial charge in [-0.25, -0.2) is 0 Å². The van der Waals surface area contributed by atoms with Gasteiger partial charge in [0.25, 0.3) is 0 Å². The second-order valence-electron chi connectivity index (χ2n) is 4.23. The van der Waals surface area contributed by atoms with Gasteiger partial charge in [0.1, 0.15) is 5.75 Å². The summed E-state index contributed by atoms with van der Waals surface area (Å²) in [7, 11) is 1.68. The van der Waals surface area contributed by atoms with Crippen molar-refractivity contribution in [3.8, 4) is 5.75 Å². The smallest absolute Gasteiger partial charge is 0.118 e. The van der Waals surface area contributed by atoms with Crippen molar-refractivity contribution in [3.63, 3.8) is 0 Å². The highest BCUT2D eigenvalue weighted by Gasteiger charge is 2.03. The minimum atomic E-state index is 0.315. The Morgan fingerprint density at radius 1 is 1.11 bits per heavy atom. The van der Waals surface area contributed by atoms with E-state index in [4.69, 9.17) is 4.74 Å². The number of nitrogens with one attached hydrogen (secondary N) is 1. The van der Waals surface area contributed by atoms with Crippen molar-refractivity contribution in [3.05, 3.63) is 59.9 Å². The lowest BCUT2D eigenvalue weighted by molar-refractivity contribution is 0.414. The minimum Gasteiger partial charge on any atom is -0.497 e. The molecule has 18 heavy (non-hydrogen) atoms. The molecule has 0 spiro atoms. The van der Waals surface area contributed by atoms with Crippen LogP contribution in [0.15, 0.2) is 48.8 Å². The molecule has 1 N–H and O–H groups in total. The third-order valence-corrected chi connectivity index (χ3v) is 2.98. The molecule has 0 aliphatic heterocycles. The maximum atomic E-state index is 5.14. The Hall–Kier alpha value is -1.87. The number of aromatic nitrogens is 1. The van der Waals surface area contributed by atoms with Crippen LogP contribution in [0.4, 0.5) is 0 Å². The van der Waals surface area contributed by atoms with Gasteiger partial charge in [-0.1, -0.05) is 12.1 Å². The molecule has 0 radical (unpaired) electrons. The highest BCUT2D eigenvalue weighted by molar-refractivity contribution is 5.27. The van der Waals surface area contributed by atoms with E-state index in [9.17, 15) is 0 Å². The van der Waals surface area contributed by atoms with Gasteiger partial charge in [0.05, 0.1) is 7.11 Å². The van der Waals surface area contributed by atoms with Crippen molar-refractivity contribution in [1.82, 2.24) is 10.3 Å². The lowest BCUT2D eigenvalue weighted by Gasteiger charge is -2.14. The molecule has 1 atom stereocenters. The highest BCUT2D eigenvalue weighted by Crippen LogP contribution is 2.14. The van der Waals surface area contributed by atoms with Gasteiger partial charge in [-0.05, 0) is 42.3 Å². The Morgan fingerprint density at radius 2 is 1.78 bits per heavy atom. The Kier molecular flexibility index (Phi) is 4.31. The van der Waals surface area contributed by atoms with Gasteiger partial charge in [-0.15, -0.1) is 0 Å². The van der Waals surface area contributed by atoms with Gasteiger partial charge >= 0.3 is 0 Å².